The lowest BCUT2D eigenvalue weighted by Crippen LogP contribution is -2.22. The van der Waals surface area contributed by atoms with Crippen LogP contribution in [-0.2, 0) is 13.7 Å². The van der Waals surface area contributed by atoms with Crippen molar-refractivity contribution in [2.75, 3.05) is 18.4 Å². The Kier molecular flexibility index (Phi) is 4.49. The van der Waals surface area contributed by atoms with Gasteiger partial charge in [-0.2, -0.15) is 5.10 Å². The zero-order valence-electron chi connectivity index (χ0n) is 16.2. The number of hydrogen-bond acceptors (Lipinski definition) is 6. The van der Waals surface area contributed by atoms with Crippen molar-refractivity contribution in [3.8, 4) is 22.5 Å². The van der Waals surface area contributed by atoms with Crippen molar-refractivity contribution < 1.29 is 5.11 Å². The van der Waals surface area contributed by atoms with Gasteiger partial charge in [0.25, 0.3) is 0 Å². The van der Waals surface area contributed by atoms with Crippen LogP contribution in [0.2, 0.25) is 0 Å². The second-order valence-corrected chi connectivity index (χ2v) is 7.39. The predicted molar refractivity (Wildman–Crippen MR) is 111 cm³/mol. The molecular weight excluding hydrogens is 366 g/mol. The molecular formula is C21H23N7O. The molecule has 29 heavy (non-hydrogen) atoms. The molecule has 3 N–H and O–H groups in total. The van der Waals surface area contributed by atoms with Gasteiger partial charge in [0.05, 0.1) is 30.4 Å². The van der Waals surface area contributed by atoms with Gasteiger partial charge in [-0.25, -0.2) is 9.97 Å². The third kappa shape index (κ3) is 3.37. The van der Waals surface area contributed by atoms with Crippen LogP contribution in [0.5, 0.6) is 0 Å². The van der Waals surface area contributed by atoms with Crippen LogP contribution in [0, 0.1) is 0 Å². The molecule has 1 saturated heterocycles. The molecule has 8 heteroatoms. The number of nitrogens with one attached hydrogen (secondary N) is 2. The number of fused-ring (bicyclic) bond motifs is 1. The van der Waals surface area contributed by atoms with Crippen LogP contribution in [-0.4, -0.2) is 48.4 Å². The summed E-state index contributed by atoms with van der Waals surface area (Å²) in [6, 6.07) is 8.32. The Bertz CT molecular complexity index is 1160. The summed E-state index contributed by atoms with van der Waals surface area (Å²) in [4.78, 5) is 9.35. The van der Waals surface area contributed by atoms with E-state index in [0.717, 1.165) is 59.1 Å². The summed E-state index contributed by atoms with van der Waals surface area (Å²) in [6.07, 6.45) is 8.67. The summed E-state index contributed by atoms with van der Waals surface area (Å²) < 4.78 is 3.77. The second kappa shape index (κ2) is 7.31. The quantitative estimate of drug-likeness (QED) is 0.484. The lowest BCUT2D eigenvalue weighted by molar-refractivity contribution is 0.282. The summed E-state index contributed by atoms with van der Waals surface area (Å²) >= 11 is 0. The molecule has 4 aromatic rings. The zero-order chi connectivity index (χ0) is 19.8. The number of aryl methyl sites for hydroxylation is 1. The Morgan fingerprint density at radius 1 is 1.28 bits per heavy atom. The maximum absolute atomic E-state index is 9.85. The van der Waals surface area contributed by atoms with Gasteiger partial charge < -0.3 is 15.7 Å². The molecule has 4 aromatic heterocycles. The second-order valence-electron chi connectivity index (χ2n) is 7.39. The maximum Gasteiger partial charge on any atom is 0.137 e. The van der Waals surface area contributed by atoms with Crippen molar-refractivity contribution >= 4 is 11.5 Å². The number of pyridine rings is 2. The van der Waals surface area contributed by atoms with Gasteiger partial charge in [-0.3, -0.25) is 9.08 Å². The third-order valence-electron chi connectivity index (χ3n) is 5.34. The number of nitrogens with zero attached hydrogens (tertiary/aromatic N) is 5. The molecule has 5 rings (SSSR count). The number of aliphatic hydroxyl groups is 1. The smallest absolute Gasteiger partial charge is 0.137 e. The van der Waals surface area contributed by atoms with Crippen LogP contribution in [0.1, 0.15) is 12.0 Å². The highest BCUT2D eigenvalue weighted by molar-refractivity contribution is 5.71. The van der Waals surface area contributed by atoms with Gasteiger partial charge in [-0.15, -0.1) is 0 Å². The van der Waals surface area contributed by atoms with Crippen LogP contribution in [0.25, 0.3) is 28.2 Å². The molecule has 1 aliphatic heterocycles. The maximum atomic E-state index is 9.85. The number of rotatable bonds is 5. The van der Waals surface area contributed by atoms with E-state index in [1.54, 1.807) is 10.9 Å². The molecule has 1 fully saturated rings. The lowest BCUT2D eigenvalue weighted by atomic mass is 10.1. The fraction of sp³-hybridized carbons (Fsp3) is 0.286. The zero-order valence-corrected chi connectivity index (χ0v) is 16.2. The highest BCUT2D eigenvalue weighted by Crippen LogP contribution is 2.28. The first-order valence-electron chi connectivity index (χ1n) is 9.76. The minimum atomic E-state index is -0.0595. The van der Waals surface area contributed by atoms with E-state index in [2.05, 4.69) is 20.7 Å². The van der Waals surface area contributed by atoms with Crippen LogP contribution >= 0.6 is 0 Å². The highest BCUT2D eigenvalue weighted by Gasteiger charge is 2.16. The van der Waals surface area contributed by atoms with Crippen molar-refractivity contribution in [3.63, 3.8) is 0 Å². The molecule has 0 aromatic carbocycles. The minimum absolute atomic E-state index is 0.0595. The average Bonchev–Trinajstić information content (AvgIpc) is 3.48. The van der Waals surface area contributed by atoms with Crippen LogP contribution in [0.4, 0.5) is 5.82 Å². The number of aromatic nitrogens is 5. The number of anilines is 1. The third-order valence-corrected chi connectivity index (χ3v) is 5.34. The van der Waals surface area contributed by atoms with Gasteiger partial charge in [0.1, 0.15) is 11.5 Å². The number of hydrogen-bond donors (Lipinski definition) is 3. The summed E-state index contributed by atoms with van der Waals surface area (Å²) in [5.74, 6) is 0.866. The first kappa shape index (κ1) is 17.8. The molecule has 0 amide bonds. The SMILES string of the molecule is Cn1cc(-c2cn3c(-c4cccc(N[C@H]5CCNC5)n4)cnc3cc2CO)cn1. The predicted octanol–water partition coefficient (Wildman–Crippen LogP) is 2.06. The van der Waals surface area contributed by atoms with Gasteiger partial charge in [-0.05, 0) is 36.7 Å². The van der Waals surface area contributed by atoms with Crippen molar-refractivity contribution in [1.29, 1.82) is 0 Å². The van der Waals surface area contributed by atoms with E-state index in [0.29, 0.717) is 6.04 Å². The highest BCUT2D eigenvalue weighted by atomic mass is 16.3. The molecule has 0 radical (unpaired) electrons. The molecule has 5 heterocycles. The summed E-state index contributed by atoms with van der Waals surface area (Å²) in [5.41, 5.74) is 5.23. The monoisotopic (exact) mass is 389 g/mol. The van der Waals surface area contributed by atoms with Gasteiger partial charge in [0.2, 0.25) is 0 Å². The molecule has 1 atom stereocenters. The number of imidazole rings is 1. The average molecular weight is 389 g/mol. The van der Waals surface area contributed by atoms with E-state index >= 15 is 0 Å². The van der Waals surface area contributed by atoms with Crippen molar-refractivity contribution in [2.45, 2.75) is 19.1 Å². The van der Waals surface area contributed by atoms with Crippen molar-refractivity contribution in [1.82, 2.24) is 29.5 Å². The van der Waals surface area contributed by atoms with E-state index in [4.69, 9.17) is 4.98 Å². The fourth-order valence-corrected chi connectivity index (χ4v) is 3.85. The fourth-order valence-electron chi connectivity index (χ4n) is 3.85. The molecule has 0 bridgehead atoms. The van der Waals surface area contributed by atoms with Crippen molar-refractivity contribution in [2.24, 2.45) is 7.05 Å². The normalized spacial score (nSPS) is 16.6. The standard InChI is InChI=1S/C21H23N7O/c1-27-11-15(8-24-27)17-12-28-19(10-23-21(28)7-14(17)13-29)18-3-2-4-20(26-18)25-16-5-6-22-9-16/h2-4,7-8,10-12,16,22,29H,5-6,9,13H2,1H3,(H,25,26)/t16-/m0/s1. The van der Waals surface area contributed by atoms with E-state index in [-0.39, 0.29) is 6.61 Å². The Balaban J connectivity index is 1.57. The summed E-state index contributed by atoms with van der Waals surface area (Å²) in [7, 11) is 1.88. The molecule has 0 spiro atoms. The topological polar surface area (TPSA) is 92.3 Å². The molecule has 0 aliphatic carbocycles. The summed E-state index contributed by atoms with van der Waals surface area (Å²) in [6.45, 7) is 1.94. The Labute approximate surface area is 168 Å². The molecule has 1 aliphatic rings. The van der Waals surface area contributed by atoms with Crippen LogP contribution < -0.4 is 10.6 Å². The van der Waals surface area contributed by atoms with E-state index in [1.807, 2.05) is 54.3 Å². The molecule has 0 saturated carbocycles. The van der Waals surface area contributed by atoms with Crippen LogP contribution in [0.15, 0.2) is 49.1 Å². The number of aliphatic hydroxyl groups excluding tert-OH is 1. The van der Waals surface area contributed by atoms with Crippen LogP contribution in [0.3, 0.4) is 0 Å². The van der Waals surface area contributed by atoms with Gasteiger partial charge in [-0.1, -0.05) is 6.07 Å². The lowest BCUT2D eigenvalue weighted by Gasteiger charge is -2.13. The Morgan fingerprint density at radius 2 is 2.21 bits per heavy atom. The Morgan fingerprint density at radius 3 is 2.97 bits per heavy atom. The summed E-state index contributed by atoms with van der Waals surface area (Å²) in [5, 5.41) is 21.0. The van der Waals surface area contributed by atoms with E-state index in [1.165, 1.54) is 0 Å². The van der Waals surface area contributed by atoms with E-state index in [9.17, 15) is 5.11 Å². The molecule has 148 valence electrons. The van der Waals surface area contributed by atoms with Gasteiger partial charge in [0, 0.05) is 43.2 Å². The first-order valence-corrected chi connectivity index (χ1v) is 9.76. The first-order chi connectivity index (χ1) is 14.2. The van der Waals surface area contributed by atoms with E-state index < -0.39 is 0 Å². The van der Waals surface area contributed by atoms with Gasteiger partial charge in [0.15, 0.2) is 0 Å². The molecule has 0 unspecified atom stereocenters. The van der Waals surface area contributed by atoms with Gasteiger partial charge >= 0.3 is 0 Å². The Hall–Kier alpha value is -3.23. The largest absolute Gasteiger partial charge is 0.392 e. The minimum Gasteiger partial charge on any atom is -0.392 e. The molecule has 8 nitrogen and oxygen atoms in total. The van der Waals surface area contributed by atoms with Crippen molar-refractivity contribution in [3.05, 3.63) is 54.6 Å².